The average Bonchev–Trinajstić information content (AvgIpc) is 3.03. The highest BCUT2D eigenvalue weighted by Crippen LogP contribution is 2.34. The minimum absolute atomic E-state index is 0.117. The summed E-state index contributed by atoms with van der Waals surface area (Å²) < 4.78 is 2.50. The van der Waals surface area contributed by atoms with E-state index in [4.69, 9.17) is 11.6 Å². The van der Waals surface area contributed by atoms with Crippen molar-refractivity contribution in [3.05, 3.63) is 54.9 Å². The summed E-state index contributed by atoms with van der Waals surface area (Å²) in [5.41, 5.74) is 3.09. The first-order valence-corrected chi connectivity index (χ1v) is 10.2. The highest BCUT2D eigenvalue weighted by Gasteiger charge is 2.23. The normalized spacial score (nSPS) is 14.1. The Balaban J connectivity index is 1.72. The van der Waals surface area contributed by atoms with Crippen LogP contribution in [0.1, 0.15) is 30.2 Å². The second-order valence-electron chi connectivity index (χ2n) is 6.07. The molecule has 25 heavy (non-hydrogen) atoms. The summed E-state index contributed by atoms with van der Waals surface area (Å²) in [7, 11) is 0. The molecule has 1 aromatic carbocycles. The van der Waals surface area contributed by atoms with Crippen molar-refractivity contribution in [3.8, 4) is 0 Å². The molecule has 0 N–H and O–H groups in total. The number of hydrogen-bond acceptors (Lipinski definition) is 5. The Morgan fingerprint density at radius 1 is 1.36 bits per heavy atom. The van der Waals surface area contributed by atoms with Gasteiger partial charge in [-0.05, 0) is 36.1 Å². The van der Waals surface area contributed by atoms with Crippen LogP contribution < -0.4 is 10.5 Å². The van der Waals surface area contributed by atoms with Crippen molar-refractivity contribution in [1.82, 2.24) is 14.6 Å². The van der Waals surface area contributed by atoms with E-state index in [1.165, 1.54) is 21.4 Å². The van der Waals surface area contributed by atoms with Crippen LogP contribution >= 0.6 is 38.9 Å². The molecule has 3 heterocycles. The summed E-state index contributed by atoms with van der Waals surface area (Å²) in [6.07, 6.45) is 2.65. The fraction of sp³-hybridized carbons (Fsp3) is 0.353. The van der Waals surface area contributed by atoms with Gasteiger partial charge in [0.15, 0.2) is 0 Å². The minimum atomic E-state index is -0.117. The van der Waals surface area contributed by atoms with E-state index in [0.29, 0.717) is 11.5 Å². The number of nitrogens with zero attached hydrogens (tertiary/aromatic N) is 4. The van der Waals surface area contributed by atoms with Crippen molar-refractivity contribution in [3.63, 3.8) is 0 Å². The molecular weight excluding hydrogens is 424 g/mol. The van der Waals surface area contributed by atoms with Gasteiger partial charge in [-0.1, -0.05) is 52.2 Å². The van der Waals surface area contributed by atoms with Crippen LogP contribution in [0.4, 0.5) is 5.13 Å². The van der Waals surface area contributed by atoms with Crippen molar-refractivity contribution >= 4 is 49.0 Å². The average molecular weight is 440 g/mol. The lowest BCUT2D eigenvalue weighted by Crippen LogP contribution is -2.31. The van der Waals surface area contributed by atoms with E-state index < -0.39 is 0 Å². The van der Waals surface area contributed by atoms with Crippen LogP contribution in [0.15, 0.2) is 27.5 Å². The maximum Gasteiger partial charge on any atom is 0.275 e. The van der Waals surface area contributed by atoms with Gasteiger partial charge < -0.3 is 4.90 Å². The van der Waals surface area contributed by atoms with Crippen molar-refractivity contribution < 1.29 is 0 Å². The minimum Gasteiger partial charge on any atom is -0.342 e. The summed E-state index contributed by atoms with van der Waals surface area (Å²) in [5.74, 6) is 0. The number of aryl methyl sites for hydroxylation is 1. The summed E-state index contributed by atoms with van der Waals surface area (Å²) in [4.78, 5) is 19.7. The Morgan fingerprint density at radius 2 is 2.20 bits per heavy atom. The maximum absolute atomic E-state index is 12.3. The first-order valence-electron chi connectivity index (χ1n) is 8.17. The number of benzene rings is 1. The van der Waals surface area contributed by atoms with Crippen LogP contribution in [0.3, 0.4) is 0 Å². The fourth-order valence-corrected chi connectivity index (χ4v) is 4.87. The van der Waals surface area contributed by atoms with E-state index in [-0.39, 0.29) is 5.56 Å². The Kier molecular flexibility index (Phi) is 4.56. The Morgan fingerprint density at radius 3 is 3.00 bits per heavy atom. The maximum atomic E-state index is 12.3. The van der Waals surface area contributed by atoms with E-state index in [9.17, 15) is 4.79 Å². The van der Waals surface area contributed by atoms with E-state index in [1.807, 2.05) is 12.1 Å². The smallest absolute Gasteiger partial charge is 0.275 e. The zero-order valence-corrected chi connectivity index (χ0v) is 16.8. The molecule has 0 spiro atoms. The second-order valence-corrected chi connectivity index (χ2v) is 8.27. The van der Waals surface area contributed by atoms with Crippen LogP contribution in [0.2, 0.25) is 5.02 Å². The molecule has 0 amide bonds. The molecule has 0 atom stereocenters. The van der Waals surface area contributed by atoms with Crippen LogP contribution in [-0.2, 0) is 19.4 Å². The van der Waals surface area contributed by atoms with Crippen LogP contribution in [0, 0.1) is 0 Å². The summed E-state index contributed by atoms with van der Waals surface area (Å²) in [6, 6.07) is 5.49. The SMILES string of the molecule is CCCc1cc(=O)n2nc(N3CCc4c(Br)ccc(Cl)c4C3)sc2n1. The lowest BCUT2D eigenvalue weighted by atomic mass is 10.0. The third kappa shape index (κ3) is 3.09. The van der Waals surface area contributed by atoms with Gasteiger partial charge in [0.1, 0.15) is 0 Å². The zero-order valence-electron chi connectivity index (χ0n) is 13.6. The molecular formula is C17H16BrClN4OS. The van der Waals surface area contributed by atoms with Gasteiger partial charge in [0, 0.05) is 34.3 Å². The van der Waals surface area contributed by atoms with Gasteiger partial charge in [-0.15, -0.1) is 5.10 Å². The van der Waals surface area contributed by atoms with Gasteiger partial charge in [-0.2, -0.15) is 4.52 Å². The highest BCUT2D eigenvalue weighted by molar-refractivity contribution is 9.10. The molecule has 0 saturated carbocycles. The topological polar surface area (TPSA) is 50.5 Å². The quantitative estimate of drug-likeness (QED) is 0.617. The molecule has 0 unspecified atom stereocenters. The predicted octanol–water partition coefficient (Wildman–Crippen LogP) is 4.08. The van der Waals surface area contributed by atoms with Crippen molar-refractivity contribution in [2.45, 2.75) is 32.7 Å². The molecule has 5 nitrogen and oxygen atoms in total. The summed E-state index contributed by atoms with van der Waals surface area (Å²) in [5, 5.41) is 6.07. The Bertz CT molecular complexity index is 1020. The van der Waals surface area contributed by atoms with Gasteiger partial charge in [-0.3, -0.25) is 4.79 Å². The third-order valence-electron chi connectivity index (χ3n) is 4.36. The molecule has 3 aromatic rings. The molecule has 0 aliphatic carbocycles. The van der Waals surface area contributed by atoms with E-state index >= 15 is 0 Å². The number of hydrogen-bond donors (Lipinski definition) is 0. The Hall–Kier alpha value is -1.44. The number of rotatable bonds is 3. The molecule has 0 fully saturated rings. The standard InChI is InChI=1S/C17H16BrClN4OS/c1-2-3-10-8-15(24)23-16(20-10)25-17(21-23)22-7-6-11-12(9-22)14(19)5-4-13(11)18/h4-5,8H,2-3,6-7,9H2,1H3. The molecule has 1 aliphatic heterocycles. The molecule has 4 rings (SSSR count). The lowest BCUT2D eigenvalue weighted by Gasteiger charge is -2.29. The van der Waals surface area contributed by atoms with Crippen LogP contribution in [-0.4, -0.2) is 21.1 Å². The molecule has 0 bridgehead atoms. The Labute approximate surface area is 162 Å². The summed E-state index contributed by atoms with van der Waals surface area (Å²) in [6.45, 7) is 3.60. The van der Waals surface area contributed by atoms with Crippen molar-refractivity contribution in [2.75, 3.05) is 11.4 Å². The highest BCUT2D eigenvalue weighted by atomic mass is 79.9. The second kappa shape index (κ2) is 6.70. The lowest BCUT2D eigenvalue weighted by molar-refractivity contribution is 0.714. The van der Waals surface area contributed by atoms with Gasteiger partial charge in [0.25, 0.3) is 5.56 Å². The van der Waals surface area contributed by atoms with Gasteiger partial charge in [0.2, 0.25) is 10.1 Å². The molecule has 0 saturated heterocycles. The molecule has 8 heteroatoms. The third-order valence-corrected chi connectivity index (χ3v) is 6.43. The van der Waals surface area contributed by atoms with Gasteiger partial charge in [0.05, 0.1) is 0 Å². The largest absolute Gasteiger partial charge is 0.342 e. The number of aromatic nitrogens is 3. The number of anilines is 1. The van der Waals surface area contributed by atoms with Crippen LogP contribution in [0.25, 0.3) is 4.96 Å². The van der Waals surface area contributed by atoms with Gasteiger partial charge >= 0.3 is 0 Å². The monoisotopic (exact) mass is 438 g/mol. The van der Waals surface area contributed by atoms with Crippen molar-refractivity contribution in [1.29, 1.82) is 0 Å². The van der Waals surface area contributed by atoms with E-state index in [1.54, 1.807) is 6.07 Å². The van der Waals surface area contributed by atoms with E-state index in [2.05, 4.69) is 37.8 Å². The van der Waals surface area contributed by atoms with Gasteiger partial charge in [-0.25, -0.2) is 4.98 Å². The van der Waals surface area contributed by atoms with Crippen molar-refractivity contribution in [2.24, 2.45) is 0 Å². The fourth-order valence-electron chi connectivity index (χ4n) is 3.12. The number of fused-ring (bicyclic) bond motifs is 2. The summed E-state index contributed by atoms with van der Waals surface area (Å²) >= 11 is 11.5. The first-order chi connectivity index (χ1) is 12.1. The first kappa shape index (κ1) is 17.0. The van der Waals surface area contributed by atoms with Crippen LogP contribution in [0.5, 0.6) is 0 Å². The van der Waals surface area contributed by atoms with E-state index in [0.717, 1.165) is 51.7 Å². The molecule has 1 aliphatic rings. The zero-order chi connectivity index (χ0) is 17.6. The molecule has 0 radical (unpaired) electrons. The molecule has 2 aromatic heterocycles. The predicted molar refractivity (Wildman–Crippen MR) is 105 cm³/mol. The number of halogens is 2. The molecule has 130 valence electrons.